The summed E-state index contributed by atoms with van der Waals surface area (Å²) < 4.78 is 8.10. The van der Waals surface area contributed by atoms with E-state index in [-0.39, 0.29) is 18.7 Å². The number of carbonyl (C=O) groups is 1. The van der Waals surface area contributed by atoms with Crippen molar-refractivity contribution in [1.82, 2.24) is 19.3 Å². The van der Waals surface area contributed by atoms with Gasteiger partial charge in [-0.1, -0.05) is 30.3 Å². The molecule has 0 spiro atoms. The quantitative estimate of drug-likeness (QED) is 0.681. The molecule has 3 aromatic rings. The Kier molecular flexibility index (Phi) is 4.98. The highest BCUT2D eigenvalue weighted by atomic mass is 79.9. The first kappa shape index (κ1) is 17.8. The van der Waals surface area contributed by atoms with Gasteiger partial charge in [-0.25, -0.2) is 14.8 Å². The molecule has 0 bridgehead atoms. The molecule has 0 saturated carbocycles. The van der Waals surface area contributed by atoms with E-state index in [1.807, 2.05) is 40.9 Å². The number of piperidine rings is 1. The lowest BCUT2D eigenvalue weighted by Crippen LogP contribution is -2.39. The van der Waals surface area contributed by atoms with E-state index in [0.717, 1.165) is 36.2 Å². The number of halogens is 1. The van der Waals surface area contributed by atoms with Gasteiger partial charge in [0.05, 0.1) is 6.04 Å². The molecule has 1 amide bonds. The molecule has 27 heavy (non-hydrogen) atoms. The Morgan fingerprint density at radius 3 is 2.93 bits per heavy atom. The van der Waals surface area contributed by atoms with Crippen molar-refractivity contribution in [3.63, 3.8) is 0 Å². The highest BCUT2D eigenvalue weighted by molar-refractivity contribution is 9.10. The highest BCUT2D eigenvalue weighted by Crippen LogP contribution is 2.34. The number of likely N-dealkylation sites (tertiary alicyclic amines) is 1. The first-order valence-electron chi connectivity index (χ1n) is 8.90. The summed E-state index contributed by atoms with van der Waals surface area (Å²) in [5, 5.41) is 0. The number of hydrogen-bond acceptors (Lipinski definition) is 5. The Morgan fingerprint density at radius 1 is 1.30 bits per heavy atom. The van der Waals surface area contributed by atoms with Gasteiger partial charge in [0, 0.05) is 18.9 Å². The van der Waals surface area contributed by atoms with Gasteiger partial charge in [0.1, 0.15) is 22.6 Å². The molecule has 3 heterocycles. The molecule has 0 unspecified atom stereocenters. The molecule has 2 N–H and O–H groups in total. The van der Waals surface area contributed by atoms with Crippen LogP contribution in [-0.2, 0) is 11.3 Å². The lowest BCUT2D eigenvalue weighted by atomic mass is 10.0. The second-order valence-corrected chi connectivity index (χ2v) is 7.29. The van der Waals surface area contributed by atoms with Crippen LogP contribution in [0.5, 0.6) is 0 Å². The van der Waals surface area contributed by atoms with Crippen molar-refractivity contribution >= 4 is 33.4 Å². The summed E-state index contributed by atoms with van der Waals surface area (Å²) in [4.78, 5) is 23.3. The smallest absolute Gasteiger partial charge is 0.410 e. The maximum absolute atomic E-state index is 12.8. The van der Waals surface area contributed by atoms with Gasteiger partial charge in [0.15, 0.2) is 5.82 Å². The molecule has 4 rings (SSSR count). The third kappa shape index (κ3) is 3.49. The zero-order valence-electron chi connectivity index (χ0n) is 14.7. The Bertz CT molecular complexity index is 959. The summed E-state index contributed by atoms with van der Waals surface area (Å²) >= 11 is 3.47. The van der Waals surface area contributed by atoms with Gasteiger partial charge in [-0.15, -0.1) is 0 Å². The van der Waals surface area contributed by atoms with Crippen LogP contribution < -0.4 is 5.73 Å². The van der Waals surface area contributed by atoms with Crippen molar-refractivity contribution in [3.05, 3.63) is 58.7 Å². The predicted octanol–water partition coefficient (Wildman–Crippen LogP) is 3.94. The Morgan fingerprint density at radius 2 is 2.11 bits per heavy atom. The van der Waals surface area contributed by atoms with Crippen LogP contribution in [0.4, 0.5) is 10.6 Å². The van der Waals surface area contributed by atoms with Gasteiger partial charge in [-0.05, 0) is 40.8 Å². The third-order valence-electron chi connectivity index (χ3n) is 4.81. The number of carbonyl (C=O) groups excluding carboxylic acids is 1. The largest absolute Gasteiger partial charge is 0.445 e. The van der Waals surface area contributed by atoms with Gasteiger partial charge in [-0.3, -0.25) is 9.30 Å². The van der Waals surface area contributed by atoms with Crippen LogP contribution in [0.1, 0.15) is 36.7 Å². The maximum atomic E-state index is 12.8. The van der Waals surface area contributed by atoms with E-state index in [1.165, 1.54) is 0 Å². The van der Waals surface area contributed by atoms with Gasteiger partial charge in [0.25, 0.3) is 0 Å². The fourth-order valence-corrected chi connectivity index (χ4v) is 4.07. The summed E-state index contributed by atoms with van der Waals surface area (Å²) in [6.07, 6.45) is 5.94. The van der Waals surface area contributed by atoms with E-state index < -0.39 is 0 Å². The number of ether oxygens (including phenoxy) is 1. The maximum Gasteiger partial charge on any atom is 0.410 e. The molecule has 140 valence electrons. The van der Waals surface area contributed by atoms with Crippen LogP contribution in [0, 0.1) is 0 Å². The standard InChI is InChI=1S/C19H20BrN5O2/c20-16-15-17(21)22-9-11-25(15)18(23-16)14-8-4-5-10-24(14)19(26)27-12-13-6-2-1-3-7-13/h1-3,6-7,9,11,14H,4-5,8,10,12H2,(H2,21,22)/t14-/m0/s1. The first-order chi connectivity index (χ1) is 13.1. The number of nitrogen functional groups attached to an aromatic ring is 1. The topological polar surface area (TPSA) is 85.8 Å². The van der Waals surface area contributed by atoms with Crippen LogP contribution in [-0.4, -0.2) is 31.9 Å². The van der Waals surface area contributed by atoms with Crippen LogP contribution in [0.25, 0.3) is 5.52 Å². The molecular formula is C19H20BrN5O2. The lowest BCUT2D eigenvalue weighted by molar-refractivity contribution is 0.0657. The number of rotatable bonds is 3. The van der Waals surface area contributed by atoms with Crippen molar-refractivity contribution < 1.29 is 9.53 Å². The number of anilines is 1. The number of nitrogens with two attached hydrogens (primary N) is 1. The molecule has 0 radical (unpaired) electrons. The highest BCUT2D eigenvalue weighted by Gasteiger charge is 2.33. The predicted molar refractivity (Wildman–Crippen MR) is 105 cm³/mol. The normalized spacial score (nSPS) is 17.2. The molecule has 1 saturated heterocycles. The van der Waals surface area contributed by atoms with Crippen LogP contribution in [0.3, 0.4) is 0 Å². The second-order valence-electron chi connectivity index (χ2n) is 6.54. The molecular weight excluding hydrogens is 410 g/mol. The van der Waals surface area contributed by atoms with E-state index >= 15 is 0 Å². The minimum Gasteiger partial charge on any atom is -0.445 e. The number of fused-ring (bicyclic) bond motifs is 1. The summed E-state index contributed by atoms with van der Waals surface area (Å²) in [7, 11) is 0. The van der Waals surface area contributed by atoms with Crippen molar-refractivity contribution in [1.29, 1.82) is 0 Å². The van der Waals surface area contributed by atoms with Crippen molar-refractivity contribution in [3.8, 4) is 0 Å². The zero-order chi connectivity index (χ0) is 18.8. The minimum absolute atomic E-state index is 0.164. The molecule has 1 aliphatic heterocycles. The van der Waals surface area contributed by atoms with E-state index in [2.05, 4.69) is 25.9 Å². The van der Waals surface area contributed by atoms with Gasteiger partial charge >= 0.3 is 6.09 Å². The van der Waals surface area contributed by atoms with E-state index in [1.54, 1.807) is 11.1 Å². The Labute approximate surface area is 165 Å². The second kappa shape index (κ2) is 7.56. The summed E-state index contributed by atoms with van der Waals surface area (Å²) in [5.41, 5.74) is 7.68. The fourth-order valence-electron chi connectivity index (χ4n) is 3.50. The molecule has 0 aliphatic carbocycles. The van der Waals surface area contributed by atoms with Crippen molar-refractivity contribution in [2.45, 2.75) is 31.9 Å². The SMILES string of the molecule is Nc1nccn2c([C@@H]3CCCCN3C(=O)OCc3ccccc3)nc(Br)c12. The molecule has 8 heteroatoms. The Balaban J connectivity index is 1.59. The zero-order valence-corrected chi connectivity index (χ0v) is 16.3. The van der Waals surface area contributed by atoms with Crippen molar-refractivity contribution in [2.75, 3.05) is 12.3 Å². The van der Waals surface area contributed by atoms with E-state index in [4.69, 9.17) is 10.5 Å². The summed E-state index contributed by atoms with van der Waals surface area (Å²) in [6.45, 7) is 0.900. The van der Waals surface area contributed by atoms with Crippen LogP contribution >= 0.6 is 15.9 Å². The lowest BCUT2D eigenvalue weighted by Gasteiger charge is -2.34. The molecule has 1 fully saturated rings. The van der Waals surface area contributed by atoms with Gasteiger partial charge in [-0.2, -0.15) is 0 Å². The van der Waals surface area contributed by atoms with Crippen molar-refractivity contribution in [2.24, 2.45) is 0 Å². The minimum atomic E-state index is -0.321. The number of benzene rings is 1. The fraction of sp³-hybridized carbons (Fsp3) is 0.316. The molecule has 7 nitrogen and oxygen atoms in total. The Hall–Kier alpha value is -2.61. The third-order valence-corrected chi connectivity index (χ3v) is 5.36. The van der Waals surface area contributed by atoms with E-state index in [9.17, 15) is 4.79 Å². The number of amides is 1. The summed E-state index contributed by atoms with van der Waals surface area (Å²) in [6, 6.07) is 9.52. The van der Waals surface area contributed by atoms with Gasteiger partial charge < -0.3 is 10.5 Å². The van der Waals surface area contributed by atoms with Gasteiger partial charge in [0.2, 0.25) is 0 Å². The number of aromatic nitrogens is 3. The molecule has 1 aliphatic rings. The van der Waals surface area contributed by atoms with Crippen LogP contribution in [0.2, 0.25) is 0 Å². The average Bonchev–Trinajstić information content (AvgIpc) is 3.05. The average molecular weight is 430 g/mol. The number of imidazole rings is 1. The molecule has 1 aromatic carbocycles. The molecule has 2 aromatic heterocycles. The summed E-state index contributed by atoms with van der Waals surface area (Å²) in [5.74, 6) is 1.17. The number of hydrogen-bond donors (Lipinski definition) is 1. The van der Waals surface area contributed by atoms with E-state index in [0.29, 0.717) is 17.0 Å². The monoisotopic (exact) mass is 429 g/mol. The molecule has 1 atom stereocenters. The van der Waals surface area contributed by atoms with Crippen LogP contribution in [0.15, 0.2) is 47.3 Å². The first-order valence-corrected chi connectivity index (χ1v) is 9.69. The number of nitrogens with zero attached hydrogens (tertiary/aromatic N) is 4.